The second-order valence-corrected chi connectivity index (χ2v) is 1.59. The fourth-order valence-electron chi connectivity index (χ4n) is 0.379. The van der Waals surface area contributed by atoms with E-state index in [0.29, 0.717) is 0 Å². The van der Waals surface area contributed by atoms with E-state index < -0.39 is 6.04 Å². The van der Waals surface area contributed by atoms with E-state index in [9.17, 15) is 4.79 Å². The summed E-state index contributed by atoms with van der Waals surface area (Å²) in [6, 6.07) is -0.431. The van der Waals surface area contributed by atoms with Crippen molar-refractivity contribution in [3.05, 3.63) is 0 Å². The van der Waals surface area contributed by atoms with Gasteiger partial charge >= 0.3 is 0 Å². The third kappa shape index (κ3) is 2.54. The number of nitriles is 1. The van der Waals surface area contributed by atoms with E-state index >= 15 is 0 Å². The Morgan fingerprint density at radius 2 is 2.33 bits per heavy atom. The fraction of sp³-hybridized carbons (Fsp3) is 0.600. The molecule has 0 aromatic heterocycles. The Morgan fingerprint density at radius 3 is 2.67 bits per heavy atom. The van der Waals surface area contributed by atoms with Gasteiger partial charge in [-0.15, -0.1) is 0 Å². The quantitative estimate of drug-likeness (QED) is 0.376. The van der Waals surface area contributed by atoms with Crippen molar-refractivity contribution in [2.75, 3.05) is 7.05 Å². The topological polar surface area (TPSA) is 64.9 Å². The third-order valence-electron chi connectivity index (χ3n) is 0.921. The van der Waals surface area contributed by atoms with E-state index in [1.54, 1.807) is 13.1 Å². The zero-order chi connectivity index (χ0) is 7.28. The first kappa shape index (κ1) is 7.76. The number of rotatable bonds is 2. The number of carbonyl (C=O) groups is 1. The van der Waals surface area contributed by atoms with Crippen LogP contribution < -0.4 is 10.6 Å². The van der Waals surface area contributed by atoms with Gasteiger partial charge in [-0.2, -0.15) is 5.26 Å². The minimum atomic E-state index is -0.431. The molecule has 4 nitrogen and oxygen atoms in total. The number of likely N-dealkylation sites (N-methyl/N-ethyl adjacent to an activating group) is 1. The summed E-state index contributed by atoms with van der Waals surface area (Å²) in [6.07, 6.45) is 1.67. The number of nitrogens with one attached hydrogen (secondary N) is 2. The molecule has 2 N–H and O–H groups in total. The van der Waals surface area contributed by atoms with Crippen molar-refractivity contribution in [3.63, 3.8) is 0 Å². The van der Waals surface area contributed by atoms with Crippen LogP contribution in [0, 0.1) is 11.5 Å². The Hall–Kier alpha value is -1.24. The van der Waals surface area contributed by atoms with Crippen molar-refractivity contribution in [1.82, 2.24) is 10.6 Å². The Balaban J connectivity index is 3.62. The van der Waals surface area contributed by atoms with Gasteiger partial charge < -0.3 is 10.6 Å². The van der Waals surface area contributed by atoms with E-state index in [2.05, 4.69) is 10.6 Å². The predicted octanol–water partition coefficient (Wildman–Crippen LogP) is -0.808. The zero-order valence-electron chi connectivity index (χ0n) is 5.43. The number of carbonyl (C=O) groups excluding carboxylic acids is 1. The zero-order valence-corrected chi connectivity index (χ0v) is 5.43. The number of amides is 1. The van der Waals surface area contributed by atoms with Crippen LogP contribution in [-0.2, 0) is 4.79 Å². The van der Waals surface area contributed by atoms with Gasteiger partial charge in [0, 0.05) is 7.05 Å². The van der Waals surface area contributed by atoms with Crippen LogP contribution in [0.5, 0.6) is 0 Å². The van der Waals surface area contributed by atoms with Crippen LogP contribution in [-0.4, -0.2) is 19.0 Å². The molecule has 0 aliphatic rings. The molecule has 0 saturated heterocycles. The average Bonchev–Trinajstić information content (AvgIpc) is 1.87. The Bertz CT molecular complexity index is 138. The van der Waals surface area contributed by atoms with Crippen LogP contribution in [0.4, 0.5) is 0 Å². The minimum Gasteiger partial charge on any atom is -0.357 e. The van der Waals surface area contributed by atoms with Gasteiger partial charge in [-0.05, 0) is 6.92 Å². The van der Waals surface area contributed by atoms with E-state index in [-0.39, 0.29) is 5.91 Å². The van der Waals surface area contributed by atoms with Crippen molar-refractivity contribution in [1.29, 1.82) is 5.26 Å². The predicted molar refractivity (Wildman–Crippen MR) is 32.3 cm³/mol. The van der Waals surface area contributed by atoms with Gasteiger partial charge in [0.25, 0.3) is 0 Å². The van der Waals surface area contributed by atoms with E-state index in [1.165, 1.54) is 7.05 Å². The monoisotopic (exact) mass is 127 g/mol. The standard InChI is InChI=1S/C5H9N3O/c1-4(8-3-6)5(9)7-2/h4,8H,1-2H3,(H,7,9). The van der Waals surface area contributed by atoms with Gasteiger partial charge in [0.15, 0.2) is 6.19 Å². The largest absolute Gasteiger partial charge is 0.357 e. The molecule has 50 valence electrons. The van der Waals surface area contributed by atoms with Crippen LogP contribution >= 0.6 is 0 Å². The molecular formula is C5H9N3O. The lowest BCUT2D eigenvalue weighted by Crippen LogP contribution is -2.38. The highest BCUT2D eigenvalue weighted by Gasteiger charge is 2.07. The van der Waals surface area contributed by atoms with E-state index in [0.717, 1.165) is 0 Å². The fourth-order valence-corrected chi connectivity index (χ4v) is 0.379. The van der Waals surface area contributed by atoms with Crippen molar-refractivity contribution < 1.29 is 4.79 Å². The maximum Gasteiger partial charge on any atom is 0.242 e. The molecule has 9 heavy (non-hydrogen) atoms. The lowest BCUT2D eigenvalue weighted by atomic mass is 10.3. The molecule has 0 saturated carbocycles. The Kier molecular flexibility index (Phi) is 3.21. The molecule has 0 aliphatic heterocycles. The van der Waals surface area contributed by atoms with E-state index in [4.69, 9.17) is 5.26 Å². The highest BCUT2D eigenvalue weighted by molar-refractivity contribution is 5.81. The Labute approximate surface area is 53.9 Å². The van der Waals surface area contributed by atoms with Crippen molar-refractivity contribution in [2.45, 2.75) is 13.0 Å². The van der Waals surface area contributed by atoms with Crippen LogP contribution in [0.1, 0.15) is 6.92 Å². The molecule has 0 bridgehead atoms. The third-order valence-corrected chi connectivity index (χ3v) is 0.921. The van der Waals surface area contributed by atoms with Crippen LogP contribution in [0.15, 0.2) is 0 Å². The molecule has 1 amide bonds. The molecule has 0 aliphatic carbocycles. The summed E-state index contributed by atoms with van der Waals surface area (Å²) in [7, 11) is 1.53. The second kappa shape index (κ2) is 3.72. The highest BCUT2D eigenvalue weighted by atomic mass is 16.2. The number of hydrogen-bond acceptors (Lipinski definition) is 3. The van der Waals surface area contributed by atoms with Gasteiger partial charge in [0.1, 0.15) is 6.04 Å². The summed E-state index contributed by atoms with van der Waals surface area (Å²) in [5.41, 5.74) is 0. The first-order chi connectivity index (χ1) is 4.22. The molecule has 0 aromatic rings. The molecule has 0 rings (SSSR count). The molecule has 0 heterocycles. The molecule has 1 atom stereocenters. The molecule has 0 aromatic carbocycles. The normalized spacial score (nSPS) is 11.2. The summed E-state index contributed by atoms with van der Waals surface area (Å²) in [5, 5.41) is 12.7. The highest BCUT2D eigenvalue weighted by Crippen LogP contribution is 1.76. The van der Waals surface area contributed by atoms with E-state index in [1.807, 2.05) is 0 Å². The molecule has 1 unspecified atom stereocenters. The second-order valence-electron chi connectivity index (χ2n) is 1.59. The summed E-state index contributed by atoms with van der Waals surface area (Å²) in [4.78, 5) is 10.6. The lowest BCUT2D eigenvalue weighted by Gasteiger charge is -2.04. The van der Waals surface area contributed by atoms with Gasteiger partial charge in [0.05, 0.1) is 0 Å². The molecule has 0 radical (unpaired) electrons. The molecular weight excluding hydrogens is 118 g/mol. The van der Waals surface area contributed by atoms with Crippen LogP contribution in [0.3, 0.4) is 0 Å². The number of hydrogen-bond donors (Lipinski definition) is 2. The van der Waals surface area contributed by atoms with Crippen molar-refractivity contribution in [3.8, 4) is 6.19 Å². The minimum absolute atomic E-state index is 0.184. The Morgan fingerprint density at radius 1 is 1.78 bits per heavy atom. The van der Waals surface area contributed by atoms with Gasteiger partial charge in [0.2, 0.25) is 5.91 Å². The van der Waals surface area contributed by atoms with Gasteiger partial charge in [-0.1, -0.05) is 0 Å². The first-order valence-corrected chi connectivity index (χ1v) is 2.58. The maximum atomic E-state index is 10.6. The lowest BCUT2D eigenvalue weighted by molar-refractivity contribution is -0.121. The first-order valence-electron chi connectivity index (χ1n) is 2.58. The maximum absolute atomic E-state index is 10.6. The summed E-state index contributed by atoms with van der Waals surface area (Å²) >= 11 is 0. The summed E-state index contributed by atoms with van der Waals surface area (Å²) in [6.45, 7) is 1.61. The number of nitrogens with zero attached hydrogens (tertiary/aromatic N) is 1. The molecule has 0 fully saturated rings. The van der Waals surface area contributed by atoms with Crippen molar-refractivity contribution >= 4 is 5.91 Å². The van der Waals surface area contributed by atoms with Gasteiger partial charge in [-0.25, -0.2) is 0 Å². The summed E-state index contributed by atoms with van der Waals surface area (Å²) < 4.78 is 0. The van der Waals surface area contributed by atoms with Crippen molar-refractivity contribution in [2.24, 2.45) is 0 Å². The average molecular weight is 127 g/mol. The van der Waals surface area contributed by atoms with Crippen LogP contribution in [0.25, 0.3) is 0 Å². The smallest absolute Gasteiger partial charge is 0.242 e. The molecule has 0 spiro atoms. The SMILES string of the molecule is CNC(=O)C(C)NC#N. The van der Waals surface area contributed by atoms with Crippen LogP contribution in [0.2, 0.25) is 0 Å². The van der Waals surface area contributed by atoms with Gasteiger partial charge in [-0.3, -0.25) is 4.79 Å². The molecule has 4 heteroatoms. The summed E-state index contributed by atoms with van der Waals surface area (Å²) in [5.74, 6) is -0.184.